The van der Waals surface area contributed by atoms with Crippen molar-refractivity contribution < 1.29 is 9.53 Å². The Balaban J connectivity index is 1.43. The topological polar surface area (TPSA) is 64.1 Å². The van der Waals surface area contributed by atoms with Crippen LogP contribution in [0.25, 0.3) is 11.4 Å². The van der Waals surface area contributed by atoms with E-state index in [4.69, 9.17) is 4.74 Å². The van der Waals surface area contributed by atoms with Crippen molar-refractivity contribution in [3.05, 3.63) is 72.6 Å². The summed E-state index contributed by atoms with van der Waals surface area (Å²) in [6.07, 6.45) is 5.75. The van der Waals surface area contributed by atoms with Crippen LogP contribution in [0.15, 0.2) is 71.9 Å². The van der Waals surface area contributed by atoms with E-state index in [0.717, 1.165) is 35.7 Å². The highest BCUT2D eigenvalue weighted by molar-refractivity contribution is 7.99. The van der Waals surface area contributed by atoms with Crippen molar-refractivity contribution in [3.8, 4) is 11.4 Å². The third-order valence-electron chi connectivity index (χ3n) is 4.52. The smallest absolute Gasteiger partial charge is 0.256 e. The lowest BCUT2D eigenvalue weighted by molar-refractivity contribution is 0.102. The largest absolute Gasteiger partial charge is 0.377 e. The highest BCUT2D eigenvalue weighted by Crippen LogP contribution is 2.27. The van der Waals surface area contributed by atoms with Gasteiger partial charge in [0.2, 0.25) is 0 Å². The maximum Gasteiger partial charge on any atom is 0.256 e. The zero-order valence-corrected chi connectivity index (χ0v) is 16.2. The molecule has 1 N–H and O–H groups in total. The van der Waals surface area contributed by atoms with Crippen LogP contribution < -0.4 is 5.32 Å². The standard InChI is InChI=1S/C22H21N3O2S/c26-22(19-10-4-5-11-20(19)28-15-18-9-6-12-27-18)25-17-13-23-21(24-14-17)16-7-2-1-3-8-16/h1-5,7-8,10-11,13-14,18H,6,9,12,15H2,(H,25,26). The van der Waals surface area contributed by atoms with Crippen LogP contribution in [0.2, 0.25) is 0 Å². The van der Waals surface area contributed by atoms with Gasteiger partial charge in [-0.1, -0.05) is 42.5 Å². The van der Waals surface area contributed by atoms with Crippen molar-refractivity contribution in [1.82, 2.24) is 9.97 Å². The van der Waals surface area contributed by atoms with E-state index in [0.29, 0.717) is 17.1 Å². The first kappa shape index (κ1) is 18.7. The Kier molecular flexibility index (Phi) is 5.99. The average Bonchev–Trinajstić information content (AvgIpc) is 3.27. The number of aromatic nitrogens is 2. The minimum atomic E-state index is -0.161. The van der Waals surface area contributed by atoms with Crippen LogP contribution in [0.5, 0.6) is 0 Å². The molecule has 1 unspecified atom stereocenters. The molecule has 5 nitrogen and oxygen atoms in total. The second-order valence-electron chi connectivity index (χ2n) is 6.56. The number of rotatable bonds is 6. The van der Waals surface area contributed by atoms with Crippen LogP contribution in [0.3, 0.4) is 0 Å². The fourth-order valence-corrected chi connectivity index (χ4v) is 4.19. The molecule has 28 heavy (non-hydrogen) atoms. The van der Waals surface area contributed by atoms with Crippen LogP contribution in [-0.4, -0.2) is 34.3 Å². The van der Waals surface area contributed by atoms with Crippen molar-refractivity contribution in [3.63, 3.8) is 0 Å². The number of amides is 1. The Labute approximate surface area is 168 Å². The molecule has 3 aromatic rings. The van der Waals surface area contributed by atoms with Gasteiger partial charge in [-0.15, -0.1) is 11.8 Å². The molecule has 2 heterocycles. The first-order chi connectivity index (χ1) is 13.8. The molecule has 0 aliphatic carbocycles. The summed E-state index contributed by atoms with van der Waals surface area (Å²) in [5.41, 5.74) is 2.16. The predicted molar refractivity (Wildman–Crippen MR) is 112 cm³/mol. The fraction of sp³-hybridized carbons (Fsp3) is 0.227. The quantitative estimate of drug-likeness (QED) is 0.619. The molecule has 2 aromatic carbocycles. The van der Waals surface area contributed by atoms with Gasteiger partial charge in [-0.3, -0.25) is 4.79 Å². The van der Waals surface area contributed by atoms with Crippen molar-refractivity contribution in [2.45, 2.75) is 23.8 Å². The minimum Gasteiger partial charge on any atom is -0.377 e. The Bertz CT molecular complexity index is 926. The summed E-state index contributed by atoms with van der Waals surface area (Å²) in [6, 6.07) is 17.4. The number of benzene rings is 2. The molecule has 1 fully saturated rings. The second kappa shape index (κ2) is 8.99. The molecule has 1 aromatic heterocycles. The van der Waals surface area contributed by atoms with E-state index in [2.05, 4.69) is 15.3 Å². The lowest BCUT2D eigenvalue weighted by Crippen LogP contribution is -2.14. The lowest BCUT2D eigenvalue weighted by atomic mass is 10.2. The highest BCUT2D eigenvalue weighted by atomic mass is 32.2. The Hall–Kier alpha value is -2.70. The maximum absolute atomic E-state index is 12.8. The monoisotopic (exact) mass is 391 g/mol. The van der Waals surface area contributed by atoms with E-state index in [9.17, 15) is 4.79 Å². The van der Waals surface area contributed by atoms with Crippen molar-refractivity contribution in [2.75, 3.05) is 17.7 Å². The van der Waals surface area contributed by atoms with Gasteiger partial charge >= 0.3 is 0 Å². The summed E-state index contributed by atoms with van der Waals surface area (Å²) >= 11 is 1.67. The molecule has 142 valence electrons. The maximum atomic E-state index is 12.8. The normalized spacial score (nSPS) is 16.1. The summed E-state index contributed by atoms with van der Waals surface area (Å²) in [5, 5.41) is 2.90. The second-order valence-corrected chi connectivity index (χ2v) is 7.62. The summed E-state index contributed by atoms with van der Waals surface area (Å²) in [6.45, 7) is 0.840. The van der Waals surface area contributed by atoms with Gasteiger partial charge in [-0.2, -0.15) is 0 Å². The molecule has 1 aliphatic heterocycles. The summed E-state index contributed by atoms with van der Waals surface area (Å²) in [5.74, 6) is 1.33. The Morgan fingerprint density at radius 2 is 1.82 bits per heavy atom. The molecule has 0 radical (unpaired) electrons. The van der Waals surface area contributed by atoms with Gasteiger partial charge in [-0.05, 0) is 25.0 Å². The SMILES string of the molecule is O=C(Nc1cnc(-c2ccccc2)nc1)c1ccccc1SCC1CCCO1. The Morgan fingerprint density at radius 1 is 1.07 bits per heavy atom. The number of hydrogen-bond acceptors (Lipinski definition) is 5. The van der Waals surface area contributed by atoms with Gasteiger partial charge in [0.15, 0.2) is 5.82 Å². The number of carbonyl (C=O) groups excluding carboxylic acids is 1. The van der Waals surface area contributed by atoms with Gasteiger partial charge in [0, 0.05) is 22.8 Å². The van der Waals surface area contributed by atoms with Gasteiger partial charge in [0.25, 0.3) is 5.91 Å². The predicted octanol–water partition coefficient (Wildman–Crippen LogP) is 4.67. The molecule has 6 heteroatoms. The van der Waals surface area contributed by atoms with Crippen LogP contribution in [-0.2, 0) is 4.74 Å². The molecular weight excluding hydrogens is 370 g/mol. The van der Waals surface area contributed by atoms with Crippen LogP contribution in [0.4, 0.5) is 5.69 Å². The number of ether oxygens (including phenoxy) is 1. The van der Waals surface area contributed by atoms with E-state index in [1.165, 1.54) is 0 Å². The first-order valence-corrected chi connectivity index (χ1v) is 10.3. The molecule has 1 aliphatic rings. The third kappa shape index (κ3) is 4.58. The molecule has 0 spiro atoms. The van der Waals surface area contributed by atoms with Gasteiger partial charge in [-0.25, -0.2) is 9.97 Å². The summed E-state index contributed by atoms with van der Waals surface area (Å²) < 4.78 is 5.68. The molecule has 1 atom stereocenters. The zero-order chi connectivity index (χ0) is 19.2. The minimum absolute atomic E-state index is 0.161. The number of anilines is 1. The lowest BCUT2D eigenvalue weighted by Gasteiger charge is -2.12. The summed E-state index contributed by atoms with van der Waals surface area (Å²) in [7, 11) is 0. The van der Waals surface area contributed by atoms with Crippen LogP contribution in [0, 0.1) is 0 Å². The molecule has 4 rings (SSSR count). The van der Waals surface area contributed by atoms with Gasteiger partial charge in [0.1, 0.15) is 0 Å². The van der Waals surface area contributed by atoms with Crippen molar-refractivity contribution >= 4 is 23.4 Å². The van der Waals surface area contributed by atoms with Crippen LogP contribution in [0.1, 0.15) is 23.2 Å². The van der Waals surface area contributed by atoms with Gasteiger partial charge in [0.05, 0.1) is 29.7 Å². The summed E-state index contributed by atoms with van der Waals surface area (Å²) in [4.78, 5) is 22.4. The van der Waals surface area contributed by atoms with E-state index < -0.39 is 0 Å². The van der Waals surface area contributed by atoms with Gasteiger partial charge < -0.3 is 10.1 Å². The van der Waals surface area contributed by atoms with E-state index in [-0.39, 0.29) is 12.0 Å². The van der Waals surface area contributed by atoms with Crippen LogP contribution >= 0.6 is 11.8 Å². The zero-order valence-electron chi connectivity index (χ0n) is 15.4. The number of nitrogens with zero attached hydrogens (tertiary/aromatic N) is 2. The van der Waals surface area contributed by atoms with E-state index in [1.54, 1.807) is 24.2 Å². The van der Waals surface area contributed by atoms with E-state index >= 15 is 0 Å². The van der Waals surface area contributed by atoms with E-state index in [1.807, 2.05) is 54.6 Å². The molecular formula is C22H21N3O2S. The molecule has 0 saturated carbocycles. The number of carbonyl (C=O) groups is 1. The van der Waals surface area contributed by atoms with Crippen molar-refractivity contribution in [1.29, 1.82) is 0 Å². The highest BCUT2D eigenvalue weighted by Gasteiger charge is 2.18. The molecule has 1 saturated heterocycles. The first-order valence-electron chi connectivity index (χ1n) is 9.32. The Morgan fingerprint density at radius 3 is 2.57 bits per heavy atom. The molecule has 1 amide bonds. The number of thioether (sulfide) groups is 1. The fourth-order valence-electron chi connectivity index (χ4n) is 3.07. The number of hydrogen-bond donors (Lipinski definition) is 1. The number of nitrogens with one attached hydrogen (secondary N) is 1. The average molecular weight is 391 g/mol. The molecule has 0 bridgehead atoms. The third-order valence-corrected chi connectivity index (χ3v) is 5.73. The van der Waals surface area contributed by atoms with Crippen molar-refractivity contribution in [2.24, 2.45) is 0 Å².